The highest BCUT2D eigenvalue weighted by molar-refractivity contribution is 5.76. The topological polar surface area (TPSA) is 71.3 Å². The van der Waals surface area contributed by atoms with Crippen LogP contribution in [0.25, 0.3) is 11.3 Å². The molecule has 0 unspecified atom stereocenters. The Morgan fingerprint density at radius 3 is 2.52 bits per heavy atom. The number of anilines is 1. The van der Waals surface area contributed by atoms with Crippen molar-refractivity contribution in [3.63, 3.8) is 0 Å². The predicted molar refractivity (Wildman–Crippen MR) is 107 cm³/mol. The third-order valence-electron chi connectivity index (χ3n) is 4.93. The van der Waals surface area contributed by atoms with Gasteiger partial charge in [0.2, 0.25) is 5.91 Å². The molecule has 4 rings (SSSR count). The van der Waals surface area contributed by atoms with Crippen LogP contribution in [0.3, 0.4) is 0 Å². The van der Waals surface area contributed by atoms with E-state index in [0.717, 1.165) is 5.56 Å². The van der Waals surface area contributed by atoms with Crippen LogP contribution in [0.5, 0.6) is 0 Å². The van der Waals surface area contributed by atoms with Crippen molar-refractivity contribution in [2.75, 3.05) is 31.1 Å². The Kier molecular flexibility index (Phi) is 5.33. The van der Waals surface area contributed by atoms with Gasteiger partial charge in [-0.05, 0) is 30.3 Å². The SMILES string of the molecule is O=C(Cn1nc(-c2cccnc2)ccc1=O)N1CCN(c2ccccc2F)CC1. The molecule has 1 aliphatic rings. The van der Waals surface area contributed by atoms with Crippen LogP contribution in [0.4, 0.5) is 10.1 Å². The Bertz CT molecular complexity index is 1060. The molecule has 0 radical (unpaired) electrons. The Morgan fingerprint density at radius 1 is 1.00 bits per heavy atom. The number of rotatable bonds is 4. The van der Waals surface area contributed by atoms with Gasteiger partial charge in [0.05, 0.1) is 11.4 Å². The summed E-state index contributed by atoms with van der Waals surface area (Å²) in [6, 6.07) is 13.3. The lowest BCUT2D eigenvalue weighted by Crippen LogP contribution is -2.50. The number of carbonyl (C=O) groups is 1. The van der Waals surface area contributed by atoms with Crippen molar-refractivity contribution < 1.29 is 9.18 Å². The number of hydrogen-bond donors (Lipinski definition) is 0. The minimum atomic E-state index is -0.337. The number of halogens is 1. The van der Waals surface area contributed by atoms with E-state index in [1.54, 1.807) is 47.6 Å². The molecule has 148 valence electrons. The van der Waals surface area contributed by atoms with Gasteiger partial charge in [-0.2, -0.15) is 5.10 Å². The van der Waals surface area contributed by atoms with Crippen LogP contribution in [0.1, 0.15) is 0 Å². The molecule has 0 N–H and O–H groups in total. The number of hydrogen-bond acceptors (Lipinski definition) is 5. The van der Waals surface area contributed by atoms with E-state index in [1.165, 1.54) is 16.8 Å². The second-order valence-corrected chi connectivity index (χ2v) is 6.78. The number of benzene rings is 1. The molecule has 7 nitrogen and oxygen atoms in total. The summed E-state index contributed by atoms with van der Waals surface area (Å²) in [5.74, 6) is -0.452. The number of nitrogens with zero attached hydrogens (tertiary/aromatic N) is 5. The van der Waals surface area contributed by atoms with Crippen LogP contribution in [0, 0.1) is 5.82 Å². The van der Waals surface area contributed by atoms with Gasteiger partial charge in [-0.1, -0.05) is 12.1 Å². The van der Waals surface area contributed by atoms with Crippen LogP contribution >= 0.6 is 0 Å². The second-order valence-electron chi connectivity index (χ2n) is 6.78. The van der Waals surface area contributed by atoms with Crippen molar-refractivity contribution in [2.24, 2.45) is 0 Å². The first kappa shape index (κ1) is 18.8. The number of piperazine rings is 1. The molecule has 2 aromatic heterocycles. The van der Waals surface area contributed by atoms with E-state index in [-0.39, 0.29) is 23.8 Å². The smallest absolute Gasteiger partial charge is 0.267 e. The largest absolute Gasteiger partial charge is 0.366 e. The molecule has 3 heterocycles. The number of carbonyl (C=O) groups excluding carboxylic acids is 1. The van der Waals surface area contributed by atoms with Gasteiger partial charge >= 0.3 is 0 Å². The minimum Gasteiger partial charge on any atom is -0.366 e. The van der Waals surface area contributed by atoms with E-state index in [0.29, 0.717) is 37.6 Å². The van der Waals surface area contributed by atoms with Gasteiger partial charge in [-0.25, -0.2) is 9.07 Å². The van der Waals surface area contributed by atoms with Gasteiger partial charge < -0.3 is 9.80 Å². The lowest BCUT2D eigenvalue weighted by atomic mass is 10.2. The number of pyridine rings is 1. The molecular formula is C21H20FN5O2. The van der Waals surface area contributed by atoms with Gasteiger partial charge in [0, 0.05) is 50.2 Å². The molecule has 1 aromatic carbocycles. The van der Waals surface area contributed by atoms with E-state index in [4.69, 9.17) is 0 Å². The van der Waals surface area contributed by atoms with Crippen molar-refractivity contribution in [1.29, 1.82) is 0 Å². The molecule has 1 amide bonds. The van der Waals surface area contributed by atoms with E-state index >= 15 is 0 Å². The van der Waals surface area contributed by atoms with Crippen LogP contribution in [-0.2, 0) is 11.3 Å². The Morgan fingerprint density at radius 2 is 1.79 bits per heavy atom. The predicted octanol–water partition coefficient (Wildman–Crippen LogP) is 1.79. The fourth-order valence-electron chi connectivity index (χ4n) is 3.36. The van der Waals surface area contributed by atoms with E-state index < -0.39 is 0 Å². The summed E-state index contributed by atoms with van der Waals surface area (Å²) in [5.41, 5.74) is 1.56. The van der Waals surface area contributed by atoms with E-state index in [2.05, 4.69) is 10.1 Å². The molecule has 29 heavy (non-hydrogen) atoms. The maximum absolute atomic E-state index is 14.0. The summed E-state index contributed by atoms with van der Waals surface area (Å²) in [5, 5.41) is 4.31. The maximum Gasteiger partial charge on any atom is 0.267 e. The Balaban J connectivity index is 1.43. The number of para-hydroxylation sites is 1. The zero-order chi connectivity index (χ0) is 20.2. The monoisotopic (exact) mass is 393 g/mol. The molecule has 1 aliphatic heterocycles. The molecular weight excluding hydrogens is 373 g/mol. The zero-order valence-corrected chi connectivity index (χ0v) is 15.7. The molecule has 0 aliphatic carbocycles. The first-order valence-electron chi connectivity index (χ1n) is 9.37. The highest BCUT2D eigenvalue weighted by atomic mass is 19.1. The van der Waals surface area contributed by atoms with E-state index in [1.807, 2.05) is 11.0 Å². The number of aromatic nitrogens is 3. The van der Waals surface area contributed by atoms with Crippen molar-refractivity contribution >= 4 is 11.6 Å². The Hall–Kier alpha value is -3.55. The summed E-state index contributed by atoms with van der Waals surface area (Å²) in [4.78, 5) is 32.5. The van der Waals surface area contributed by atoms with Gasteiger partial charge in [0.15, 0.2) is 0 Å². The van der Waals surface area contributed by atoms with Crippen molar-refractivity contribution in [3.05, 3.63) is 77.1 Å². The fourth-order valence-corrected chi connectivity index (χ4v) is 3.36. The van der Waals surface area contributed by atoms with Gasteiger partial charge in [-0.15, -0.1) is 0 Å². The average molecular weight is 393 g/mol. The zero-order valence-electron chi connectivity index (χ0n) is 15.7. The highest BCUT2D eigenvalue weighted by Gasteiger charge is 2.23. The first-order chi connectivity index (χ1) is 14.1. The maximum atomic E-state index is 14.0. The van der Waals surface area contributed by atoms with Crippen LogP contribution in [-0.4, -0.2) is 51.8 Å². The van der Waals surface area contributed by atoms with Crippen LogP contribution in [0.2, 0.25) is 0 Å². The molecule has 0 saturated carbocycles. The van der Waals surface area contributed by atoms with Crippen LogP contribution in [0.15, 0.2) is 65.7 Å². The normalized spacial score (nSPS) is 14.1. The second kappa shape index (κ2) is 8.22. The third kappa shape index (κ3) is 4.16. The quantitative estimate of drug-likeness (QED) is 0.676. The molecule has 1 saturated heterocycles. The molecule has 0 spiro atoms. The summed E-state index contributed by atoms with van der Waals surface area (Å²) in [6.07, 6.45) is 3.31. The lowest BCUT2D eigenvalue weighted by molar-refractivity contribution is -0.132. The van der Waals surface area contributed by atoms with Crippen LogP contribution < -0.4 is 10.5 Å². The lowest BCUT2D eigenvalue weighted by Gasteiger charge is -2.36. The number of amides is 1. The van der Waals surface area contributed by atoms with Gasteiger partial charge in [-0.3, -0.25) is 14.6 Å². The highest BCUT2D eigenvalue weighted by Crippen LogP contribution is 2.20. The summed E-state index contributed by atoms with van der Waals surface area (Å²) in [6.45, 7) is 1.86. The standard InChI is InChI=1S/C21H20FN5O2/c22-17-5-1-2-6-19(17)25-10-12-26(13-11-25)21(29)15-27-20(28)8-7-18(24-27)16-4-3-9-23-14-16/h1-9,14H,10-13,15H2. The summed E-state index contributed by atoms with van der Waals surface area (Å²) in [7, 11) is 0. The van der Waals surface area contributed by atoms with Gasteiger partial charge in [0.25, 0.3) is 5.56 Å². The van der Waals surface area contributed by atoms with Gasteiger partial charge in [0.1, 0.15) is 12.4 Å². The molecule has 0 atom stereocenters. The van der Waals surface area contributed by atoms with Crippen molar-refractivity contribution in [2.45, 2.75) is 6.54 Å². The third-order valence-corrected chi connectivity index (χ3v) is 4.93. The Labute approximate surface area is 167 Å². The summed E-state index contributed by atoms with van der Waals surface area (Å²) < 4.78 is 15.1. The van der Waals surface area contributed by atoms with Crippen molar-refractivity contribution in [3.8, 4) is 11.3 Å². The van der Waals surface area contributed by atoms with Crippen molar-refractivity contribution in [1.82, 2.24) is 19.7 Å². The molecule has 0 bridgehead atoms. The molecule has 1 fully saturated rings. The first-order valence-corrected chi connectivity index (χ1v) is 9.37. The van der Waals surface area contributed by atoms with E-state index in [9.17, 15) is 14.0 Å². The average Bonchev–Trinajstić information content (AvgIpc) is 2.76. The molecule has 3 aromatic rings. The fraction of sp³-hybridized carbons (Fsp3) is 0.238. The minimum absolute atomic E-state index is 0.132. The summed E-state index contributed by atoms with van der Waals surface area (Å²) >= 11 is 0. The molecule has 8 heteroatoms.